The van der Waals surface area contributed by atoms with Crippen molar-refractivity contribution in [2.24, 2.45) is 0 Å². The Labute approximate surface area is 142 Å². The Hall–Kier alpha value is -2.30. The average molecular weight is 324 g/mol. The van der Waals surface area contributed by atoms with E-state index in [4.69, 9.17) is 4.74 Å². The minimum Gasteiger partial charge on any atom is -0.490 e. The van der Waals surface area contributed by atoms with Crippen molar-refractivity contribution in [1.29, 1.82) is 0 Å². The van der Waals surface area contributed by atoms with Gasteiger partial charge < -0.3 is 20.1 Å². The summed E-state index contributed by atoms with van der Waals surface area (Å²) in [5.41, 5.74) is 3.54. The van der Waals surface area contributed by atoms with Crippen LogP contribution in [0.4, 0.5) is 0 Å². The van der Waals surface area contributed by atoms with Gasteiger partial charge in [-0.15, -0.1) is 0 Å². The van der Waals surface area contributed by atoms with Crippen molar-refractivity contribution in [1.82, 2.24) is 10.3 Å². The molecule has 3 aromatic rings. The number of nitrogens with one attached hydrogen (secondary N) is 2. The first-order chi connectivity index (χ1) is 11.6. The van der Waals surface area contributed by atoms with E-state index in [2.05, 4.69) is 36.3 Å². The Morgan fingerprint density at radius 2 is 1.96 bits per heavy atom. The van der Waals surface area contributed by atoms with Gasteiger partial charge in [0.15, 0.2) is 0 Å². The molecule has 2 atom stereocenters. The van der Waals surface area contributed by atoms with Crippen molar-refractivity contribution in [3.63, 3.8) is 0 Å². The number of hydrogen-bond donors (Lipinski definition) is 3. The van der Waals surface area contributed by atoms with Crippen LogP contribution < -0.4 is 10.1 Å². The van der Waals surface area contributed by atoms with Crippen molar-refractivity contribution in [2.75, 3.05) is 13.2 Å². The summed E-state index contributed by atoms with van der Waals surface area (Å²) >= 11 is 0. The second-order valence-electron chi connectivity index (χ2n) is 6.15. The number of aromatic nitrogens is 1. The van der Waals surface area contributed by atoms with Gasteiger partial charge in [-0.25, -0.2) is 0 Å². The number of fused-ring (bicyclic) bond motifs is 1. The van der Waals surface area contributed by atoms with Gasteiger partial charge in [-0.1, -0.05) is 30.3 Å². The molecule has 4 nitrogen and oxygen atoms in total. The van der Waals surface area contributed by atoms with E-state index in [1.54, 1.807) is 0 Å². The van der Waals surface area contributed by atoms with Crippen LogP contribution in [-0.4, -0.2) is 29.3 Å². The van der Waals surface area contributed by atoms with Crippen LogP contribution in [0.1, 0.15) is 24.1 Å². The molecule has 0 bridgehead atoms. The summed E-state index contributed by atoms with van der Waals surface area (Å²) in [6.07, 6.45) is 1.32. The summed E-state index contributed by atoms with van der Waals surface area (Å²) < 4.78 is 5.79. The monoisotopic (exact) mass is 324 g/mol. The molecule has 3 rings (SSSR count). The highest BCUT2D eigenvalue weighted by atomic mass is 16.5. The van der Waals surface area contributed by atoms with Crippen molar-refractivity contribution in [3.8, 4) is 5.75 Å². The van der Waals surface area contributed by atoms with E-state index >= 15 is 0 Å². The van der Waals surface area contributed by atoms with Gasteiger partial charge in [-0.3, -0.25) is 0 Å². The lowest BCUT2D eigenvalue weighted by molar-refractivity contribution is 0.105. The lowest BCUT2D eigenvalue weighted by Crippen LogP contribution is -2.33. The highest BCUT2D eigenvalue weighted by Crippen LogP contribution is 2.24. The maximum Gasteiger partial charge on any atom is 0.128 e. The number of H-pyrrole nitrogens is 1. The first kappa shape index (κ1) is 16.6. The summed E-state index contributed by atoms with van der Waals surface area (Å²) in [6.45, 7) is 4.96. The van der Waals surface area contributed by atoms with E-state index in [1.165, 1.54) is 11.1 Å². The van der Waals surface area contributed by atoms with Gasteiger partial charge in [0, 0.05) is 29.7 Å². The second kappa shape index (κ2) is 7.51. The van der Waals surface area contributed by atoms with Crippen LogP contribution in [0, 0.1) is 6.92 Å². The predicted molar refractivity (Wildman–Crippen MR) is 97.4 cm³/mol. The normalized spacial score (nSPS) is 13.8. The molecule has 0 amide bonds. The zero-order valence-corrected chi connectivity index (χ0v) is 14.1. The Morgan fingerprint density at radius 3 is 2.79 bits per heavy atom. The van der Waals surface area contributed by atoms with Gasteiger partial charge in [-0.05, 0) is 43.2 Å². The van der Waals surface area contributed by atoms with Crippen molar-refractivity contribution < 1.29 is 9.84 Å². The first-order valence-corrected chi connectivity index (χ1v) is 8.31. The summed E-state index contributed by atoms with van der Waals surface area (Å²) in [5.74, 6) is 0.791. The highest BCUT2D eigenvalue weighted by molar-refractivity contribution is 5.85. The Bertz CT molecular complexity index is 797. The number of hydrogen-bond acceptors (Lipinski definition) is 3. The molecule has 0 aliphatic carbocycles. The molecule has 3 N–H and O–H groups in total. The van der Waals surface area contributed by atoms with Crippen LogP contribution >= 0.6 is 0 Å². The van der Waals surface area contributed by atoms with Crippen LogP contribution in [-0.2, 0) is 0 Å². The zero-order chi connectivity index (χ0) is 16.9. The second-order valence-corrected chi connectivity index (χ2v) is 6.15. The van der Waals surface area contributed by atoms with Crippen LogP contribution in [0.2, 0.25) is 0 Å². The van der Waals surface area contributed by atoms with Crippen molar-refractivity contribution >= 4 is 10.9 Å². The van der Waals surface area contributed by atoms with E-state index in [9.17, 15) is 5.11 Å². The van der Waals surface area contributed by atoms with Crippen molar-refractivity contribution in [2.45, 2.75) is 26.0 Å². The fourth-order valence-corrected chi connectivity index (χ4v) is 2.92. The third-order valence-electron chi connectivity index (χ3n) is 4.30. The van der Waals surface area contributed by atoms with Crippen molar-refractivity contribution in [3.05, 3.63) is 65.9 Å². The average Bonchev–Trinajstić information content (AvgIpc) is 3.07. The first-order valence-electron chi connectivity index (χ1n) is 8.31. The minimum atomic E-state index is -0.564. The zero-order valence-electron chi connectivity index (χ0n) is 14.1. The topological polar surface area (TPSA) is 57.3 Å². The van der Waals surface area contributed by atoms with Crippen LogP contribution in [0.25, 0.3) is 10.9 Å². The number of aryl methyl sites for hydroxylation is 1. The molecule has 0 fully saturated rings. The molecule has 1 aromatic heterocycles. The number of aliphatic hydroxyl groups is 1. The SMILES string of the molecule is Cc1ccccc1C(C)NCC(O)COc1cccc2[nH]ccc12. The number of rotatable bonds is 7. The van der Waals surface area contributed by atoms with E-state index in [-0.39, 0.29) is 12.6 Å². The molecule has 24 heavy (non-hydrogen) atoms. The Balaban J connectivity index is 1.52. The molecular formula is C20H24N2O2. The Kier molecular flexibility index (Phi) is 5.18. The van der Waals surface area contributed by atoms with Gasteiger partial charge >= 0.3 is 0 Å². The van der Waals surface area contributed by atoms with Crippen LogP contribution in [0.5, 0.6) is 5.75 Å². The number of aliphatic hydroxyl groups excluding tert-OH is 1. The fraction of sp³-hybridized carbons (Fsp3) is 0.300. The quantitative estimate of drug-likeness (QED) is 0.623. The smallest absolute Gasteiger partial charge is 0.128 e. The molecule has 0 saturated carbocycles. The summed E-state index contributed by atoms with van der Waals surface area (Å²) in [5, 5.41) is 14.6. The van der Waals surface area contributed by atoms with Gasteiger partial charge in [-0.2, -0.15) is 0 Å². The van der Waals surface area contributed by atoms with E-state index in [0.717, 1.165) is 16.7 Å². The van der Waals surface area contributed by atoms with Crippen LogP contribution in [0.3, 0.4) is 0 Å². The van der Waals surface area contributed by atoms with E-state index < -0.39 is 6.10 Å². The lowest BCUT2D eigenvalue weighted by Gasteiger charge is -2.19. The molecule has 2 aromatic carbocycles. The minimum absolute atomic E-state index is 0.189. The highest BCUT2D eigenvalue weighted by Gasteiger charge is 2.11. The largest absolute Gasteiger partial charge is 0.490 e. The molecule has 1 heterocycles. The van der Waals surface area contributed by atoms with Gasteiger partial charge in [0.1, 0.15) is 18.5 Å². The lowest BCUT2D eigenvalue weighted by atomic mass is 10.0. The maximum absolute atomic E-state index is 10.2. The molecule has 0 aliphatic heterocycles. The molecule has 0 aliphatic rings. The maximum atomic E-state index is 10.2. The number of aromatic amines is 1. The third-order valence-corrected chi connectivity index (χ3v) is 4.30. The summed E-state index contributed by atoms with van der Waals surface area (Å²) in [6, 6.07) is 16.3. The number of ether oxygens (including phenoxy) is 1. The summed E-state index contributed by atoms with van der Waals surface area (Å²) in [4.78, 5) is 3.16. The molecule has 2 unspecified atom stereocenters. The van der Waals surface area contributed by atoms with E-state index in [0.29, 0.717) is 6.54 Å². The molecule has 0 saturated heterocycles. The third kappa shape index (κ3) is 3.78. The fourth-order valence-electron chi connectivity index (χ4n) is 2.92. The molecule has 0 radical (unpaired) electrons. The van der Waals surface area contributed by atoms with Gasteiger partial charge in [0.2, 0.25) is 0 Å². The molecular weight excluding hydrogens is 300 g/mol. The van der Waals surface area contributed by atoms with Gasteiger partial charge in [0.05, 0.1) is 0 Å². The molecule has 126 valence electrons. The standard InChI is InChI=1S/C20H24N2O2/c1-14-6-3-4-7-17(14)15(2)22-12-16(23)13-24-20-9-5-8-19-18(20)10-11-21-19/h3-11,15-16,21-23H,12-13H2,1-2H3. The number of benzene rings is 2. The van der Waals surface area contributed by atoms with Gasteiger partial charge in [0.25, 0.3) is 0 Å². The summed E-state index contributed by atoms with van der Waals surface area (Å²) in [7, 11) is 0. The predicted octanol–water partition coefficient (Wildman–Crippen LogP) is 3.57. The van der Waals surface area contributed by atoms with Crippen LogP contribution in [0.15, 0.2) is 54.7 Å². The Morgan fingerprint density at radius 1 is 1.12 bits per heavy atom. The molecule has 4 heteroatoms. The van der Waals surface area contributed by atoms with E-state index in [1.807, 2.05) is 42.6 Å². The molecule has 0 spiro atoms.